The minimum Gasteiger partial charge on any atom is -0.363 e. The Kier molecular flexibility index (Phi) is 4.58. The highest BCUT2D eigenvalue weighted by atomic mass is 32.2. The summed E-state index contributed by atoms with van der Waals surface area (Å²) >= 11 is 0. The molecule has 0 bridgehead atoms. The SMILES string of the molecule is CNCc1cc(S(=O)(=O)NC(C)Cn2cccn2)c[nH]1. The van der Waals surface area contributed by atoms with Crippen molar-refractivity contribution in [1.82, 2.24) is 24.8 Å². The van der Waals surface area contributed by atoms with Crippen molar-refractivity contribution in [2.24, 2.45) is 0 Å². The first kappa shape index (κ1) is 14.8. The van der Waals surface area contributed by atoms with Gasteiger partial charge in [-0.2, -0.15) is 5.10 Å². The van der Waals surface area contributed by atoms with E-state index in [4.69, 9.17) is 0 Å². The van der Waals surface area contributed by atoms with E-state index in [2.05, 4.69) is 20.1 Å². The summed E-state index contributed by atoms with van der Waals surface area (Å²) in [5.74, 6) is 0. The van der Waals surface area contributed by atoms with Crippen LogP contribution in [-0.4, -0.2) is 36.3 Å². The zero-order chi connectivity index (χ0) is 14.6. The van der Waals surface area contributed by atoms with Crippen LogP contribution in [0.5, 0.6) is 0 Å². The Morgan fingerprint density at radius 1 is 1.50 bits per heavy atom. The van der Waals surface area contributed by atoms with Crippen LogP contribution in [0.2, 0.25) is 0 Å². The molecule has 2 aromatic heterocycles. The highest BCUT2D eigenvalue weighted by Gasteiger charge is 2.19. The summed E-state index contributed by atoms with van der Waals surface area (Å²) in [6.45, 7) is 2.89. The van der Waals surface area contributed by atoms with E-state index in [0.29, 0.717) is 13.1 Å². The summed E-state index contributed by atoms with van der Waals surface area (Å²) in [7, 11) is -1.71. The molecule has 2 rings (SSSR count). The van der Waals surface area contributed by atoms with Gasteiger partial charge >= 0.3 is 0 Å². The molecule has 2 heterocycles. The molecule has 0 aliphatic rings. The van der Waals surface area contributed by atoms with Crippen LogP contribution in [0.4, 0.5) is 0 Å². The summed E-state index contributed by atoms with van der Waals surface area (Å²) < 4.78 is 28.7. The maximum atomic E-state index is 12.2. The third-order valence-electron chi connectivity index (χ3n) is 2.77. The molecule has 0 aliphatic heterocycles. The molecule has 7 nitrogen and oxygen atoms in total. The average Bonchev–Trinajstić information content (AvgIpc) is 3.00. The third kappa shape index (κ3) is 3.69. The van der Waals surface area contributed by atoms with Gasteiger partial charge < -0.3 is 10.3 Å². The van der Waals surface area contributed by atoms with Gasteiger partial charge in [-0.15, -0.1) is 0 Å². The van der Waals surface area contributed by atoms with Crippen LogP contribution in [0.3, 0.4) is 0 Å². The van der Waals surface area contributed by atoms with Crippen molar-refractivity contribution in [3.8, 4) is 0 Å². The molecule has 20 heavy (non-hydrogen) atoms. The first-order valence-corrected chi connectivity index (χ1v) is 7.81. The second-order valence-electron chi connectivity index (χ2n) is 4.64. The van der Waals surface area contributed by atoms with Gasteiger partial charge in [0.2, 0.25) is 10.0 Å². The number of aromatic nitrogens is 3. The maximum Gasteiger partial charge on any atom is 0.242 e. The Labute approximate surface area is 118 Å². The fourth-order valence-corrected chi connectivity index (χ4v) is 3.18. The largest absolute Gasteiger partial charge is 0.363 e. The second-order valence-corrected chi connectivity index (χ2v) is 6.36. The molecular weight excluding hydrogens is 278 g/mol. The van der Waals surface area contributed by atoms with E-state index in [0.717, 1.165) is 5.69 Å². The lowest BCUT2D eigenvalue weighted by molar-refractivity contribution is 0.494. The van der Waals surface area contributed by atoms with E-state index < -0.39 is 10.0 Å². The Bertz CT molecular complexity index is 633. The Hall–Kier alpha value is -1.64. The minimum atomic E-state index is -3.51. The van der Waals surface area contributed by atoms with Gasteiger partial charge in [0.05, 0.1) is 11.4 Å². The number of hydrogen-bond donors (Lipinski definition) is 3. The molecule has 8 heteroatoms. The lowest BCUT2D eigenvalue weighted by atomic mass is 10.4. The Balaban J connectivity index is 2.02. The zero-order valence-corrected chi connectivity index (χ0v) is 12.3. The Morgan fingerprint density at radius 3 is 2.95 bits per heavy atom. The van der Waals surface area contributed by atoms with Crippen LogP contribution in [0, 0.1) is 0 Å². The molecule has 0 saturated carbocycles. The maximum absolute atomic E-state index is 12.2. The van der Waals surface area contributed by atoms with Gasteiger partial charge in [0.15, 0.2) is 0 Å². The predicted molar refractivity (Wildman–Crippen MR) is 75.6 cm³/mol. The molecule has 110 valence electrons. The van der Waals surface area contributed by atoms with Crippen molar-refractivity contribution in [1.29, 1.82) is 0 Å². The molecule has 0 amide bonds. The van der Waals surface area contributed by atoms with Crippen LogP contribution in [0.25, 0.3) is 0 Å². The van der Waals surface area contributed by atoms with E-state index >= 15 is 0 Å². The van der Waals surface area contributed by atoms with Crippen LogP contribution >= 0.6 is 0 Å². The standard InChI is InChI=1S/C12H19N5O2S/c1-10(9-17-5-3-4-15-17)16-20(18,19)12-6-11(7-13-2)14-8-12/h3-6,8,10,13-14,16H,7,9H2,1-2H3. The van der Waals surface area contributed by atoms with Gasteiger partial charge in [-0.1, -0.05) is 0 Å². The van der Waals surface area contributed by atoms with Crippen LogP contribution in [0.1, 0.15) is 12.6 Å². The van der Waals surface area contributed by atoms with E-state index in [1.54, 1.807) is 43.2 Å². The minimum absolute atomic E-state index is 0.245. The topological polar surface area (TPSA) is 91.8 Å². The highest BCUT2D eigenvalue weighted by molar-refractivity contribution is 7.89. The summed E-state index contributed by atoms with van der Waals surface area (Å²) in [5.41, 5.74) is 0.826. The molecule has 1 atom stereocenters. The predicted octanol–water partition coefficient (Wildman–Crippen LogP) is 0.298. The van der Waals surface area contributed by atoms with Gasteiger partial charge in [0.25, 0.3) is 0 Å². The molecule has 0 spiro atoms. The number of sulfonamides is 1. The number of hydrogen-bond acceptors (Lipinski definition) is 4. The van der Waals surface area contributed by atoms with E-state index in [1.165, 1.54) is 6.20 Å². The zero-order valence-electron chi connectivity index (χ0n) is 11.5. The Morgan fingerprint density at radius 2 is 2.30 bits per heavy atom. The van der Waals surface area contributed by atoms with Crippen molar-refractivity contribution < 1.29 is 8.42 Å². The number of H-pyrrole nitrogens is 1. The summed E-state index contributed by atoms with van der Waals surface area (Å²) in [6.07, 6.45) is 4.96. The molecule has 0 aromatic carbocycles. The van der Waals surface area contributed by atoms with Gasteiger partial charge in [0, 0.05) is 36.9 Å². The molecule has 0 saturated heterocycles. The van der Waals surface area contributed by atoms with Crippen LogP contribution in [-0.2, 0) is 23.1 Å². The average molecular weight is 297 g/mol. The molecule has 0 aliphatic carbocycles. The van der Waals surface area contributed by atoms with Crippen LogP contribution < -0.4 is 10.0 Å². The smallest absolute Gasteiger partial charge is 0.242 e. The first-order chi connectivity index (χ1) is 9.51. The molecule has 2 aromatic rings. The van der Waals surface area contributed by atoms with Gasteiger partial charge in [-0.3, -0.25) is 4.68 Å². The second kappa shape index (κ2) is 6.21. The molecule has 0 radical (unpaired) electrons. The highest BCUT2D eigenvalue weighted by Crippen LogP contribution is 2.11. The van der Waals surface area contributed by atoms with Crippen molar-refractivity contribution in [3.05, 3.63) is 36.4 Å². The number of rotatable bonds is 7. The lowest BCUT2D eigenvalue weighted by Gasteiger charge is -2.13. The van der Waals surface area contributed by atoms with Gasteiger partial charge in [-0.25, -0.2) is 13.1 Å². The molecule has 3 N–H and O–H groups in total. The summed E-state index contributed by atoms with van der Waals surface area (Å²) in [5, 5.41) is 7.02. The van der Waals surface area contributed by atoms with E-state index in [-0.39, 0.29) is 10.9 Å². The number of aromatic amines is 1. The van der Waals surface area contributed by atoms with Gasteiger partial charge in [-0.05, 0) is 26.1 Å². The summed E-state index contributed by atoms with van der Waals surface area (Å²) in [6, 6.07) is 3.18. The quantitative estimate of drug-likeness (QED) is 0.685. The fraction of sp³-hybridized carbons (Fsp3) is 0.417. The lowest BCUT2D eigenvalue weighted by Crippen LogP contribution is -2.35. The number of nitrogens with zero attached hydrogens (tertiary/aromatic N) is 2. The van der Waals surface area contributed by atoms with Crippen LogP contribution in [0.15, 0.2) is 35.6 Å². The summed E-state index contributed by atoms with van der Waals surface area (Å²) in [4.78, 5) is 3.18. The van der Waals surface area contributed by atoms with E-state index in [1.807, 2.05) is 0 Å². The first-order valence-electron chi connectivity index (χ1n) is 6.33. The van der Waals surface area contributed by atoms with Crippen molar-refractivity contribution >= 4 is 10.0 Å². The van der Waals surface area contributed by atoms with E-state index in [9.17, 15) is 8.42 Å². The fourth-order valence-electron chi connectivity index (χ4n) is 1.93. The van der Waals surface area contributed by atoms with Crippen molar-refractivity contribution in [2.45, 2.75) is 31.0 Å². The molecular formula is C12H19N5O2S. The van der Waals surface area contributed by atoms with Gasteiger partial charge in [0.1, 0.15) is 0 Å². The monoisotopic (exact) mass is 297 g/mol. The molecule has 1 unspecified atom stereocenters. The third-order valence-corrected chi connectivity index (χ3v) is 4.34. The molecule has 0 fully saturated rings. The number of nitrogens with one attached hydrogen (secondary N) is 3. The normalized spacial score (nSPS) is 13.5. The van der Waals surface area contributed by atoms with Crippen molar-refractivity contribution in [2.75, 3.05) is 7.05 Å². The van der Waals surface area contributed by atoms with Crippen molar-refractivity contribution in [3.63, 3.8) is 0 Å².